The summed E-state index contributed by atoms with van der Waals surface area (Å²) in [5.41, 5.74) is 7.05. The molecule has 9 aromatic rings. The lowest BCUT2D eigenvalue weighted by molar-refractivity contribution is -0.134. The van der Waals surface area contributed by atoms with Crippen LogP contribution in [-0.2, 0) is 19.2 Å². The topological polar surface area (TPSA) is 403 Å². The van der Waals surface area contributed by atoms with Gasteiger partial charge in [0.25, 0.3) is 16.7 Å². The summed E-state index contributed by atoms with van der Waals surface area (Å²) in [5.74, 6) is 1.43. The van der Waals surface area contributed by atoms with Crippen LogP contribution in [0.4, 0.5) is 52.2 Å². The Hall–Kier alpha value is -11.8. The number of Topliss-reactive ketones (excluding diaryl/α,β-unsaturated/α-hetero) is 5. The molecule has 7 aliphatic rings. The second kappa shape index (κ2) is 37.2. The number of benzene rings is 1. The van der Waals surface area contributed by atoms with Crippen molar-refractivity contribution in [3.05, 3.63) is 138 Å². The Morgan fingerprint density at radius 2 is 0.847 bits per heavy atom. The van der Waals surface area contributed by atoms with Crippen LogP contribution in [0.1, 0.15) is 197 Å². The van der Waals surface area contributed by atoms with Gasteiger partial charge in [0.15, 0.2) is 28.9 Å². The average Bonchev–Trinajstić information content (AvgIpc) is 1.18. The van der Waals surface area contributed by atoms with Crippen molar-refractivity contribution in [1.29, 1.82) is 0 Å². The minimum atomic E-state index is -0.533. The van der Waals surface area contributed by atoms with Crippen molar-refractivity contribution >= 4 is 126 Å². The summed E-state index contributed by atoms with van der Waals surface area (Å²) in [4.78, 5) is 171. The molecule has 622 valence electrons. The van der Waals surface area contributed by atoms with Crippen LogP contribution in [0.15, 0.2) is 87.8 Å². The number of aryl methyl sites for hydroxylation is 3. The summed E-state index contributed by atoms with van der Waals surface area (Å²) in [6.07, 6.45) is 20.5. The smallest absolute Gasteiger partial charge is 0.263 e. The van der Waals surface area contributed by atoms with E-state index in [9.17, 15) is 47.9 Å². The van der Waals surface area contributed by atoms with Crippen molar-refractivity contribution in [3.8, 4) is 5.75 Å². The molecule has 6 fully saturated rings. The molecule has 1 aromatic carbocycles. The molecular formula is C85H104N20O13. The molecule has 33 nitrogen and oxygen atoms in total. The van der Waals surface area contributed by atoms with E-state index in [2.05, 4.69) is 67.0 Å². The van der Waals surface area contributed by atoms with E-state index < -0.39 is 13.2 Å². The number of fused-ring (bicyclic) bond motifs is 6. The standard InChI is InChI=1S/2C29H35N7O5.C26H30N6O3.CH4/c2*1-18-23-16-31-29(33-27(23)36(20-5-3-4-6-20)28(41)26(18)19(2)38)32-24-9-7-21(15-30-24)34-11-13-35(14-12-34)25(40)10-8-22(39)17-37;1-15-20-13-28-26(30-24(20)32(18-5-3-4-6-18)25(34)23(15)16(2)33)29-17-7-8-21-22(11-17)35-14-19-12-27-9-10-31(19)21;/h2*7,9,15-16,20,37H,3-6,8,10-14,17H2,1-2H3,(H,30,31,32,33);7-8,11,13,18-19,27H,3-6,9-10,12,14H2,1-2H3,(H,28,29,30);1H4/t;;19-;/m..0./s1. The van der Waals surface area contributed by atoms with Crippen molar-refractivity contribution < 1.29 is 48.5 Å². The molecule has 2 amide bonds. The highest BCUT2D eigenvalue weighted by Gasteiger charge is 2.34. The molecule has 3 aliphatic carbocycles. The van der Waals surface area contributed by atoms with E-state index in [0.717, 1.165) is 131 Å². The summed E-state index contributed by atoms with van der Waals surface area (Å²) in [7, 11) is 0. The number of piperazine rings is 3. The maximum absolute atomic E-state index is 13.4. The maximum Gasteiger partial charge on any atom is 0.263 e. The van der Waals surface area contributed by atoms with Gasteiger partial charge in [-0.05, 0) is 133 Å². The molecule has 8 aromatic heterocycles. The number of hydrogen-bond donors (Lipinski definition) is 6. The summed E-state index contributed by atoms with van der Waals surface area (Å²) < 4.78 is 11.2. The predicted molar refractivity (Wildman–Crippen MR) is 449 cm³/mol. The van der Waals surface area contributed by atoms with Crippen molar-refractivity contribution in [1.82, 2.24) is 68.7 Å². The van der Waals surface area contributed by atoms with E-state index in [4.69, 9.17) is 29.9 Å². The molecule has 12 heterocycles. The fourth-order valence-electron chi connectivity index (χ4n) is 17.3. The van der Waals surface area contributed by atoms with Gasteiger partial charge in [-0.2, -0.15) is 15.0 Å². The number of hydrogen-bond acceptors (Lipinski definition) is 28. The van der Waals surface area contributed by atoms with Crippen LogP contribution in [-0.4, -0.2) is 212 Å². The van der Waals surface area contributed by atoms with Gasteiger partial charge in [-0.15, -0.1) is 0 Å². The number of ether oxygens (including phenoxy) is 1. The van der Waals surface area contributed by atoms with Crippen molar-refractivity contribution in [2.45, 2.75) is 176 Å². The Labute approximate surface area is 682 Å². The number of nitrogens with zero attached hydrogens (tertiary/aromatic N) is 16. The van der Waals surface area contributed by atoms with Crippen LogP contribution in [0.3, 0.4) is 0 Å². The first-order chi connectivity index (χ1) is 56.5. The lowest BCUT2D eigenvalue weighted by Gasteiger charge is -2.42. The number of aliphatic hydroxyl groups excluding tert-OH is 2. The number of ketones is 5. The number of aliphatic hydroxyl groups is 2. The molecule has 6 N–H and O–H groups in total. The fourth-order valence-corrected chi connectivity index (χ4v) is 17.3. The largest absolute Gasteiger partial charge is 0.489 e. The first-order valence-corrected chi connectivity index (χ1v) is 40.6. The number of aromatic nitrogens is 11. The van der Waals surface area contributed by atoms with Crippen LogP contribution < -0.4 is 57.4 Å². The third kappa shape index (κ3) is 18.1. The van der Waals surface area contributed by atoms with Gasteiger partial charge >= 0.3 is 0 Å². The number of carbonyl (C=O) groups excluding carboxylic acids is 7. The Bertz CT molecular complexity index is 5250. The van der Waals surface area contributed by atoms with E-state index in [0.29, 0.717) is 139 Å². The number of amides is 2. The highest BCUT2D eigenvalue weighted by atomic mass is 16.5. The number of nitrogens with one attached hydrogen (secondary N) is 4. The van der Waals surface area contributed by atoms with E-state index in [-0.39, 0.29) is 125 Å². The molecule has 3 saturated heterocycles. The number of pyridine rings is 5. The van der Waals surface area contributed by atoms with E-state index >= 15 is 0 Å². The Morgan fingerprint density at radius 1 is 0.466 bits per heavy atom. The van der Waals surface area contributed by atoms with Gasteiger partial charge < -0.3 is 60.7 Å². The van der Waals surface area contributed by atoms with Crippen LogP contribution in [0.25, 0.3) is 33.1 Å². The summed E-state index contributed by atoms with van der Waals surface area (Å²) in [6.45, 7) is 16.8. The van der Waals surface area contributed by atoms with Gasteiger partial charge in [-0.3, -0.25) is 61.6 Å². The van der Waals surface area contributed by atoms with Gasteiger partial charge in [-0.1, -0.05) is 46.0 Å². The first-order valence-electron chi connectivity index (χ1n) is 40.6. The lowest BCUT2D eigenvalue weighted by atomic mass is 10.0. The number of anilines is 9. The Balaban J connectivity index is 0.000000153. The molecule has 16 rings (SSSR count). The van der Waals surface area contributed by atoms with E-state index in [1.165, 1.54) is 20.8 Å². The SMILES string of the molecule is C.CC(=O)c1c(C)c2cnc(Nc3ccc(N4CCN(C(=O)CCC(=O)CO)CC4)cn3)nc2n(C2CCCC2)c1=O.CC(=O)c1c(C)c2cnc(Nc3ccc(N4CCN(C(=O)CCC(=O)CO)CC4)cn3)nc2n(C2CCCC2)c1=O.CC(=O)c1c(C)c2cnc(Nc3ccc4c(c3)OC[C@@H]3CNCCN43)nc2n(C2CCCC2)c1=O. The third-order valence-electron chi connectivity index (χ3n) is 23.6. The normalized spacial score (nSPS) is 16.9. The lowest BCUT2D eigenvalue weighted by Crippen LogP contribution is -2.55. The van der Waals surface area contributed by atoms with Gasteiger partial charge in [0.05, 0.1) is 52.2 Å². The van der Waals surface area contributed by atoms with Gasteiger partial charge in [0.1, 0.15) is 54.1 Å². The molecule has 0 unspecified atom stereocenters. The van der Waals surface area contributed by atoms with Crippen molar-refractivity contribution in [2.75, 3.05) is 122 Å². The molecule has 1 atom stereocenters. The summed E-state index contributed by atoms with van der Waals surface area (Å²) >= 11 is 0. The third-order valence-corrected chi connectivity index (χ3v) is 23.6. The molecule has 33 heteroatoms. The average molecular weight is 1610 g/mol. The second-order valence-electron chi connectivity index (χ2n) is 31.2. The van der Waals surface area contributed by atoms with Crippen LogP contribution >= 0.6 is 0 Å². The maximum atomic E-state index is 13.4. The van der Waals surface area contributed by atoms with Gasteiger partial charge in [-0.25, -0.2) is 24.9 Å². The molecule has 3 saturated carbocycles. The summed E-state index contributed by atoms with van der Waals surface area (Å²) in [6, 6.07) is 14.0. The van der Waals surface area contributed by atoms with Crippen LogP contribution in [0, 0.1) is 20.8 Å². The van der Waals surface area contributed by atoms with E-state index in [1.54, 1.807) is 75.3 Å². The van der Waals surface area contributed by atoms with E-state index in [1.807, 2.05) is 36.4 Å². The fraction of sp³-hybridized carbons (Fsp3) is 0.482. The molecule has 0 spiro atoms. The zero-order chi connectivity index (χ0) is 82.3. The minimum absolute atomic E-state index is 0. The van der Waals surface area contributed by atoms with Gasteiger partial charge in [0.2, 0.25) is 29.7 Å². The Kier molecular flexibility index (Phi) is 26.5. The van der Waals surface area contributed by atoms with Crippen LogP contribution in [0.2, 0.25) is 0 Å². The predicted octanol–water partition coefficient (Wildman–Crippen LogP) is 9.06. The summed E-state index contributed by atoms with van der Waals surface area (Å²) in [5, 5.41) is 32.8. The second-order valence-corrected chi connectivity index (χ2v) is 31.2. The zero-order valence-corrected chi connectivity index (χ0v) is 67.0. The molecule has 0 radical (unpaired) electrons. The number of carbonyl (C=O) groups is 7. The van der Waals surface area contributed by atoms with Crippen molar-refractivity contribution in [3.63, 3.8) is 0 Å². The molecular weight excluding hydrogens is 1510 g/mol. The van der Waals surface area contributed by atoms with Crippen molar-refractivity contribution in [2.24, 2.45) is 0 Å². The Morgan fingerprint density at radius 3 is 1.20 bits per heavy atom. The molecule has 118 heavy (non-hydrogen) atoms. The van der Waals surface area contributed by atoms with Gasteiger partial charge in [0, 0.05) is 162 Å². The quantitative estimate of drug-likeness (QED) is 0.0344. The highest BCUT2D eigenvalue weighted by Crippen LogP contribution is 2.39. The monoisotopic (exact) mass is 1610 g/mol. The number of rotatable bonds is 22. The molecule has 0 bridgehead atoms. The first kappa shape index (κ1) is 84.1. The minimum Gasteiger partial charge on any atom is -0.489 e. The van der Waals surface area contributed by atoms with Crippen LogP contribution in [0.5, 0.6) is 5.75 Å². The molecule has 4 aliphatic heterocycles. The zero-order valence-electron chi connectivity index (χ0n) is 67.0. The highest BCUT2D eigenvalue weighted by molar-refractivity contribution is 6.01.